The molecular formula is C27H24ClF4N3O3. The van der Waals surface area contributed by atoms with Gasteiger partial charge in [0.2, 0.25) is 0 Å². The number of rotatable bonds is 6. The van der Waals surface area contributed by atoms with Gasteiger partial charge in [-0.25, -0.2) is 9.53 Å². The van der Waals surface area contributed by atoms with E-state index in [1.807, 2.05) is 18.2 Å². The van der Waals surface area contributed by atoms with Crippen LogP contribution in [-0.4, -0.2) is 23.4 Å². The molecule has 5 rings (SSSR count). The maximum absolute atomic E-state index is 14.8. The molecule has 38 heavy (non-hydrogen) atoms. The second-order valence-corrected chi connectivity index (χ2v) is 9.84. The Kier molecular flexibility index (Phi) is 6.96. The standard InChI is InChI=1S/C27H24ClF4N3O3/c28-19-11-13-23(33-16-19)25(15-17-6-2-1-3-7-17,35-24(36)34-20-8-4-5-9-20)18-10-12-22-21(14-18)26(29,30)38-27(31,32)37-22/h1-3,6-7,10-14,16,20H,4-5,8-9,15H2,(H2,34,35,36)/t25-/m1/s1. The maximum atomic E-state index is 14.8. The average Bonchev–Trinajstić information content (AvgIpc) is 3.36. The summed E-state index contributed by atoms with van der Waals surface area (Å²) in [7, 11) is 0. The highest BCUT2D eigenvalue weighted by atomic mass is 35.5. The number of ether oxygens (including phenoxy) is 2. The fourth-order valence-electron chi connectivity index (χ4n) is 5.00. The molecule has 1 atom stereocenters. The van der Waals surface area contributed by atoms with Gasteiger partial charge in [0.25, 0.3) is 0 Å². The van der Waals surface area contributed by atoms with Crippen molar-refractivity contribution in [2.45, 2.75) is 56.1 Å². The Morgan fingerprint density at radius 2 is 1.79 bits per heavy atom. The lowest BCUT2D eigenvalue weighted by molar-refractivity contribution is -0.461. The first-order valence-corrected chi connectivity index (χ1v) is 12.5. The summed E-state index contributed by atoms with van der Waals surface area (Å²) in [4.78, 5) is 17.8. The highest BCUT2D eigenvalue weighted by Crippen LogP contribution is 2.48. The summed E-state index contributed by atoms with van der Waals surface area (Å²) in [5.74, 6) is -0.733. The molecule has 0 spiro atoms. The van der Waals surface area contributed by atoms with Gasteiger partial charge in [-0.2, -0.15) is 8.78 Å². The van der Waals surface area contributed by atoms with Crippen LogP contribution in [0.5, 0.6) is 5.75 Å². The van der Waals surface area contributed by atoms with Crippen molar-refractivity contribution < 1.29 is 31.8 Å². The Bertz CT molecular complexity index is 1300. The molecule has 0 saturated heterocycles. The van der Waals surface area contributed by atoms with Gasteiger partial charge < -0.3 is 15.4 Å². The van der Waals surface area contributed by atoms with Crippen molar-refractivity contribution in [2.24, 2.45) is 0 Å². The predicted octanol–water partition coefficient (Wildman–Crippen LogP) is 6.47. The van der Waals surface area contributed by atoms with Crippen LogP contribution in [0.25, 0.3) is 0 Å². The van der Waals surface area contributed by atoms with Gasteiger partial charge >= 0.3 is 18.4 Å². The number of hydrogen-bond acceptors (Lipinski definition) is 4. The highest BCUT2D eigenvalue weighted by Gasteiger charge is 2.55. The molecule has 3 aromatic rings. The van der Waals surface area contributed by atoms with Crippen molar-refractivity contribution in [3.8, 4) is 5.75 Å². The average molecular weight is 550 g/mol. The number of benzene rings is 2. The molecule has 1 aliphatic heterocycles. The number of aromatic nitrogens is 1. The predicted molar refractivity (Wildman–Crippen MR) is 131 cm³/mol. The largest absolute Gasteiger partial charge is 0.540 e. The minimum absolute atomic E-state index is 0.0282. The van der Waals surface area contributed by atoms with Crippen molar-refractivity contribution >= 4 is 17.6 Å². The Labute approximate surface area is 221 Å². The van der Waals surface area contributed by atoms with Crippen molar-refractivity contribution in [1.82, 2.24) is 15.6 Å². The van der Waals surface area contributed by atoms with Gasteiger partial charge in [0.15, 0.2) is 0 Å². The van der Waals surface area contributed by atoms with Crippen LogP contribution in [-0.2, 0) is 22.8 Å². The van der Waals surface area contributed by atoms with Gasteiger partial charge in [0, 0.05) is 18.7 Å². The molecule has 200 valence electrons. The number of carbonyl (C=O) groups excluding carboxylic acids is 1. The first-order chi connectivity index (χ1) is 18.1. The summed E-state index contributed by atoms with van der Waals surface area (Å²) < 4.78 is 64.8. The summed E-state index contributed by atoms with van der Waals surface area (Å²) in [6.07, 6.45) is -3.75. The summed E-state index contributed by atoms with van der Waals surface area (Å²) in [6.45, 7) is 0. The molecule has 2 aliphatic rings. The molecule has 0 bridgehead atoms. The molecule has 1 aromatic heterocycles. The van der Waals surface area contributed by atoms with Crippen LogP contribution in [0.1, 0.15) is 48.1 Å². The number of nitrogens with one attached hydrogen (secondary N) is 2. The number of urea groups is 1. The summed E-state index contributed by atoms with van der Waals surface area (Å²) in [5, 5.41) is 6.27. The second kappa shape index (κ2) is 10.1. The van der Waals surface area contributed by atoms with E-state index in [4.69, 9.17) is 11.6 Å². The molecule has 0 radical (unpaired) electrons. The number of fused-ring (bicyclic) bond motifs is 1. The van der Waals surface area contributed by atoms with Gasteiger partial charge in [0.05, 0.1) is 16.3 Å². The minimum Gasteiger partial charge on any atom is -0.409 e. The number of hydrogen-bond donors (Lipinski definition) is 2. The van der Waals surface area contributed by atoms with Crippen LogP contribution in [0.3, 0.4) is 0 Å². The van der Waals surface area contributed by atoms with Crippen LogP contribution in [0.15, 0.2) is 66.9 Å². The SMILES string of the molecule is O=C(NC1CCCC1)N[C@](Cc1ccccc1)(c1ccc2c(c1)C(F)(F)OC(F)(F)O2)c1ccc(Cl)cn1. The van der Waals surface area contributed by atoms with E-state index in [1.54, 1.807) is 24.3 Å². The van der Waals surface area contributed by atoms with Crippen molar-refractivity contribution in [2.75, 3.05) is 0 Å². The second-order valence-electron chi connectivity index (χ2n) is 9.40. The van der Waals surface area contributed by atoms with E-state index in [2.05, 4.69) is 25.1 Å². The number of halogens is 5. The van der Waals surface area contributed by atoms with E-state index in [-0.39, 0.29) is 18.0 Å². The number of pyridine rings is 1. The lowest BCUT2D eigenvalue weighted by atomic mass is 9.79. The fraction of sp³-hybridized carbons (Fsp3) is 0.333. The van der Waals surface area contributed by atoms with Gasteiger partial charge in [-0.1, -0.05) is 60.8 Å². The van der Waals surface area contributed by atoms with E-state index in [1.165, 1.54) is 12.3 Å². The van der Waals surface area contributed by atoms with E-state index in [0.717, 1.165) is 43.4 Å². The quantitative estimate of drug-likeness (QED) is 0.346. The third-order valence-electron chi connectivity index (χ3n) is 6.76. The Balaban J connectivity index is 1.66. The van der Waals surface area contributed by atoms with E-state index >= 15 is 0 Å². The zero-order valence-electron chi connectivity index (χ0n) is 20.0. The molecule has 2 heterocycles. The topological polar surface area (TPSA) is 72.5 Å². The highest BCUT2D eigenvalue weighted by molar-refractivity contribution is 6.30. The summed E-state index contributed by atoms with van der Waals surface area (Å²) >= 11 is 6.08. The zero-order chi connectivity index (χ0) is 27.0. The molecule has 2 N–H and O–H groups in total. The lowest BCUT2D eigenvalue weighted by Crippen LogP contribution is -2.54. The third-order valence-corrected chi connectivity index (χ3v) is 6.98. The number of alkyl halides is 4. The van der Waals surface area contributed by atoms with Crippen molar-refractivity contribution in [3.05, 3.63) is 94.3 Å². The van der Waals surface area contributed by atoms with Crippen molar-refractivity contribution in [3.63, 3.8) is 0 Å². The molecule has 1 saturated carbocycles. The number of amides is 2. The molecule has 0 unspecified atom stereocenters. The first kappa shape index (κ1) is 26.2. The van der Waals surface area contributed by atoms with Crippen LogP contribution in [0.4, 0.5) is 22.4 Å². The minimum atomic E-state index is -4.50. The third kappa shape index (κ3) is 5.42. The van der Waals surface area contributed by atoms with Crippen LogP contribution >= 0.6 is 11.6 Å². The fourth-order valence-corrected chi connectivity index (χ4v) is 5.11. The summed E-state index contributed by atoms with van der Waals surface area (Å²) in [6, 6.07) is 15.0. The zero-order valence-corrected chi connectivity index (χ0v) is 20.8. The summed E-state index contributed by atoms with van der Waals surface area (Å²) in [5.41, 5.74) is -1.17. The molecule has 11 heteroatoms. The molecule has 2 amide bonds. The van der Waals surface area contributed by atoms with Gasteiger partial charge in [-0.3, -0.25) is 4.98 Å². The maximum Gasteiger partial charge on any atom is 0.540 e. The molecule has 1 aliphatic carbocycles. The number of carbonyl (C=O) groups is 1. The molecule has 6 nitrogen and oxygen atoms in total. The number of nitrogens with zero attached hydrogens (tertiary/aromatic N) is 1. The van der Waals surface area contributed by atoms with Gasteiger partial charge in [-0.15, -0.1) is 8.78 Å². The molecule has 2 aromatic carbocycles. The van der Waals surface area contributed by atoms with Crippen LogP contribution in [0, 0.1) is 0 Å². The monoisotopic (exact) mass is 549 g/mol. The van der Waals surface area contributed by atoms with Gasteiger partial charge in [-0.05, 0) is 48.2 Å². The lowest BCUT2D eigenvalue weighted by Gasteiger charge is -2.37. The Morgan fingerprint density at radius 3 is 2.47 bits per heavy atom. The van der Waals surface area contributed by atoms with Crippen LogP contribution in [0.2, 0.25) is 5.02 Å². The molecule has 1 fully saturated rings. The Hall–Kier alpha value is -3.37. The normalized spacial score (nSPS) is 19.6. The first-order valence-electron chi connectivity index (χ1n) is 12.1. The van der Waals surface area contributed by atoms with E-state index in [0.29, 0.717) is 10.7 Å². The van der Waals surface area contributed by atoms with E-state index < -0.39 is 35.3 Å². The smallest absolute Gasteiger partial charge is 0.409 e. The van der Waals surface area contributed by atoms with E-state index in [9.17, 15) is 22.4 Å². The van der Waals surface area contributed by atoms with Crippen LogP contribution < -0.4 is 15.4 Å². The molecular weight excluding hydrogens is 526 g/mol. The Morgan fingerprint density at radius 1 is 1.05 bits per heavy atom. The van der Waals surface area contributed by atoms with Gasteiger partial charge in [0.1, 0.15) is 11.3 Å². The van der Waals surface area contributed by atoms with Crippen molar-refractivity contribution in [1.29, 1.82) is 0 Å².